The lowest BCUT2D eigenvalue weighted by atomic mass is 10.0. The molecule has 1 aliphatic rings. The molecule has 1 aromatic heterocycles. The van der Waals surface area contributed by atoms with Gasteiger partial charge in [-0.3, -0.25) is 4.90 Å². The third-order valence-electron chi connectivity index (χ3n) is 3.68. The van der Waals surface area contributed by atoms with Gasteiger partial charge in [0.1, 0.15) is 5.76 Å². The minimum absolute atomic E-state index is 0.814. The third kappa shape index (κ3) is 3.86. The first-order valence-electron chi connectivity index (χ1n) is 6.87. The summed E-state index contributed by atoms with van der Waals surface area (Å²) in [6, 6.07) is 4.77. The highest BCUT2D eigenvalue weighted by atomic mass is 16.3. The van der Waals surface area contributed by atoms with Crippen LogP contribution in [0.15, 0.2) is 22.8 Å². The van der Waals surface area contributed by atoms with Crippen LogP contribution < -0.4 is 5.32 Å². The molecular weight excluding hydrogens is 212 g/mol. The summed E-state index contributed by atoms with van der Waals surface area (Å²) in [5, 5.41) is 3.44. The average Bonchev–Trinajstić information content (AvgIpc) is 2.88. The first-order valence-corrected chi connectivity index (χ1v) is 6.87. The number of hydrogen-bond donors (Lipinski definition) is 1. The van der Waals surface area contributed by atoms with Crippen molar-refractivity contribution in [2.45, 2.75) is 45.2 Å². The Morgan fingerprint density at radius 1 is 1.47 bits per heavy atom. The van der Waals surface area contributed by atoms with Gasteiger partial charge in [0.2, 0.25) is 0 Å². The highest BCUT2D eigenvalue weighted by molar-refractivity contribution is 4.97. The molecule has 2 rings (SSSR count). The predicted molar refractivity (Wildman–Crippen MR) is 69.9 cm³/mol. The topological polar surface area (TPSA) is 28.4 Å². The summed E-state index contributed by atoms with van der Waals surface area (Å²) in [6.07, 6.45) is 7.19. The molecule has 17 heavy (non-hydrogen) atoms. The number of likely N-dealkylation sites (tertiary alicyclic amines) is 1. The fourth-order valence-corrected chi connectivity index (χ4v) is 2.66. The minimum atomic E-state index is 0.814. The predicted octanol–water partition coefficient (Wildman–Crippen LogP) is 2.63. The summed E-state index contributed by atoms with van der Waals surface area (Å²) < 4.78 is 5.29. The van der Waals surface area contributed by atoms with Crippen molar-refractivity contribution in [3.05, 3.63) is 24.2 Å². The van der Waals surface area contributed by atoms with Crippen LogP contribution in [0, 0.1) is 0 Å². The van der Waals surface area contributed by atoms with Crippen LogP contribution in [-0.4, -0.2) is 30.6 Å². The Hall–Kier alpha value is -0.800. The smallest absolute Gasteiger partial charge is 0.117 e. The lowest BCUT2D eigenvalue weighted by Gasteiger charge is -2.35. The fourth-order valence-electron chi connectivity index (χ4n) is 2.66. The van der Waals surface area contributed by atoms with Crippen LogP contribution in [0.2, 0.25) is 0 Å². The van der Waals surface area contributed by atoms with Crippen LogP contribution in [-0.2, 0) is 6.54 Å². The van der Waals surface area contributed by atoms with Gasteiger partial charge in [-0.05, 0) is 37.9 Å². The van der Waals surface area contributed by atoms with Gasteiger partial charge in [-0.1, -0.05) is 13.3 Å². The molecule has 0 spiro atoms. The number of hydrogen-bond acceptors (Lipinski definition) is 3. The summed E-state index contributed by atoms with van der Waals surface area (Å²) in [4.78, 5) is 2.64. The maximum Gasteiger partial charge on any atom is 0.117 e. The van der Waals surface area contributed by atoms with Crippen LogP contribution in [0.3, 0.4) is 0 Å². The van der Waals surface area contributed by atoms with Crippen molar-refractivity contribution in [2.75, 3.05) is 19.6 Å². The molecule has 1 N–H and O–H groups in total. The minimum Gasteiger partial charge on any atom is -0.468 e. The van der Waals surface area contributed by atoms with Gasteiger partial charge in [0.05, 0.1) is 12.8 Å². The second-order valence-corrected chi connectivity index (χ2v) is 4.85. The van der Waals surface area contributed by atoms with Crippen LogP contribution in [0.1, 0.15) is 38.4 Å². The Balaban J connectivity index is 1.63. The summed E-state index contributed by atoms with van der Waals surface area (Å²) in [5.41, 5.74) is 0. The van der Waals surface area contributed by atoms with Crippen molar-refractivity contribution in [1.82, 2.24) is 10.2 Å². The maximum atomic E-state index is 5.29. The lowest BCUT2D eigenvalue weighted by Crippen LogP contribution is -2.42. The standard InChI is InChI=1S/C14H24N2O/c1-2-13-6-3-4-9-16(13)10-8-15-12-14-7-5-11-17-14/h5,7,11,13,15H,2-4,6,8-10,12H2,1H3. The molecule has 1 aliphatic heterocycles. The van der Waals surface area contributed by atoms with E-state index in [2.05, 4.69) is 17.1 Å². The number of nitrogens with zero attached hydrogens (tertiary/aromatic N) is 1. The van der Waals surface area contributed by atoms with Crippen LogP contribution in [0.5, 0.6) is 0 Å². The van der Waals surface area contributed by atoms with Gasteiger partial charge in [0.15, 0.2) is 0 Å². The van der Waals surface area contributed by atoms with E-state index >= 15 is 0 Å². The monoisotopic (exact) mass is 236 g/mol. The van der Waals surface area contributed by atoms with Crippen molar-refractivity contribution in [3.8, 4) is 0 Å². The van der Waals surface area contributed by atoms with Gasteiger partial charge in [0, 0.05) is 19.1 Å². The average molecular weight is 236 g/mol. The van der Waals surface area contributed by atoms with E-state index in [0.717, 1.165) is 24.9 Å². The van der Waals surface area contributed by atoms with Gasteiger partial charge >= 0.3 is 0 Å². The molecule has 1 atom stereocenters. The van der Waals surface area contributed by atoms with Crippen LogP contribution in [0.25, 0.3) is 0 Å². The van der Waals surface area contributed by atoms with Crippen molar-refractivity contribution < 1.29 is 4.42 Å². The van der Waals surface area contributed by atoms with E-state index < -0.39 is 0 Å². The van der Waals surface area contributed by atoms with E-state index in [-0.39, 0.29) is 0 Å². The molecule has 0 radical (unpaired) electrons. The Morgan fingerprint density at radius 2 is 2.41 bits per heavy atom. The van der Waals surface area contributed by atoms with Gasteiger partial charge in [-0.2, -0.15) is 0 Å². The summed E-state index contributed by atoms with van der Waals surface area (Å²) in [5.74, 6) is 1.02. The zero-order valence-corrected chi connectivity index (χ0v) is 10.8. The van der Waals surface area contributed by atoms with Crippen LogP contribution in [0.4, 0.5) is 0 Å². The number of furan rings is 1. The van der Waals surface area contributed by atoms with Crippen LogP contribution >= 0.6 is 0 Å². The second kappa shape index (κ2) is 6.82. The number of piperidine rings is 1. The molecule has 0 aliphatic carbocycles. The van der Waals surface area contributed by atoms with E-state index in [1.807, 2.05) is 12.1 Å². The van der Waals surface area contributed by atoms with Gasteiger partial charge in [0.25, 0.3) is 0 Å². The van der Waals surface area contributed by atoms with Crippen molar-refractivity contribution in [1.29, 1.82) is 0 Å². The van der Waals surface area contributed by atoms with Gasteiger partial charge < -0.3 is 9.73 Å². The molecular formula is C14H24N2O. The summed E-state index contributed by atoms with van der Waals surface area (Å²) in [7, 11) is 0. The molecule has 1 saturated heterocycles. The zero-order chi connectivity index (χ0) is 11.9. The number of nitrogens with one attached hydrogen (secondary N) is 1. The molecule has 0 saturated carbocycles. The van der Waals surface area contributed by atoms with Gasteiger partial charge in [-0.25, -0.2) is 0 Å². The lowest BCUT2D eigenvalue weighted by molar-refractivity contribution is 0.144. The molecule has 0 amide bonds. The zero-order valence-electron chi connectivity index (χ0n) is 10.8. The van der Waals surface area contributed by atoms with E-state index in [1.165, 1.54) is 38.8 Å². The number of rotatable bonds is 6. The second-order valence-electron chi connectivity index (χ2n) is 4.85. The normalized spacial score (nSPS) is 21.8. The van der Waals surface area contributed by atoms with Crippen molar-refractivity contribution in [3.63, 3.8) is 0 Å². The Kier molecular flexibility index (Phi) is 5.08. The molecule has 1 fully saturated rings. The van der Waals surface area contributed by atoms with Gasteiger partial charge in [-0.15, -0.1) is 0 Å². The molecule has 0 bridgehead atoms. The molecule has 96 valence electrons. The molecule has 3 heteroatoms. The largest absolute Gasteiger partial charge is 0.468 e. The fraction of sp³-hybridized carbons (Fsp3) is 0.714. The van der Waals surface area contributed by atoms with E-state index in [9.17, 15) is 0 Å². The highest BCUT2D eigenvalue weighted by Crippen LogP contribution is 2.18. The SMILES string of the molecule is CCC1CCCCN1CCNCc1ccco1. The first-order chi connectivity index (χ1) is 8.40. The Morgan fingerprint density at radius 3 is 3.18 bits per heavy atom. The molecule has 1 aromatic rings. The van der Waals surface area contributed by atoms with E-state index in [1.54, 1.807) is 6.26 Å². The van der Waals surface area contributed by atoms with Crippen molar-refractivity contribution in [2.24, 2.45) is 0 Å². The quantitative estimate of drug-likeness (QED) is 0.770. The first kappa shape index (κ1) is 12.7. The third-order valence-corrected chi connectivity index (χ3v) is 3.68. The Labute approximate surface area is 104 Å². The van der Waals surface area contributed by atoms with E-state index in [0.29, 0.717) is 0 Å². The molecule has 3 nitrogen and oxygen atoms in total. The van der Waals surface area contributed by atoms with Crippen molar-refractivity contribution >= 4 is 0 Å². The Bertz CT molecular complexity index is 297. The molecule has 1 unspecified atom stereocenters. The maximum absolute atomic E-state index is 5.29. The summed E-state index contributed by atoms with van der Waals surface area (Å²) >= 11 is 0. The molecule has 2 heterocycles. The highest BCUT2D eigenvalue weighted by Gasteiger charge is 2.19. The van der Waals surface area contributed by atoms with E-state index in [4.69, 9.17) is 4.42 Å². The summed E-state index contributed by atoms with van der Waals surface area (Å²) in [6.45, 7) is 6.65. The molecule has 0 aromatic carbocycles.